The van der Waals surface area contributed by atoms with Gasteiger partial charge in [0.1, 0.15) is 0 Å². The van der Waals surface area contributed by atoms with E-state index >= 15 is 0 Å². The van der Waals surface area contributed by atoms with Crippen molar-refractivity contribution in [2.24, 2.45) is 11.8 Å². The molecule has 0 heterocycles. The molecular formula is C8H10O8. The standard InChI is InChI=1S/C8H10O8/c1-3(5(9)10)7(13)15-16-8(14)4(2)6(11)12/h3-4H,1-2H3,(H,9,10)(H,11,12). The van der Waals surface area contributed by atoms with Crippen LogP contribution in [0.1, 0.15) is 13.8 Å². The third kappa shape index (κ3) is 3.95. The second-order valence-corrected chi connectivity index (χ2v) is 2.92. The van der Waals surface area contributed by atoms with Gasteiger partial charge >= 0.3 is 23.9 Å². The first-order valence-corrected chi connectivity index (χ1v) is 4.15. The van der Waals surface area contributed by atoms with Crippen molar-refractivity contribution in [2.45, 2.75) is 13.8 Å². The van der Waals surface area contributed by atoms with Gasteiger partial charge in [-0.2, -0.15) is 0 Å². The van der Waals surface area contributed by atoms with Crippen LogP contribution in [0.5, 0.6) is 0 Å². The van der Waals surface area contributed by atoms with E-state index in [9.17, 15) is 19.2 Å². The fraction of sp³-hybridized carbons (Fsp3) is 0.500. The first-order chi connectivity index (χ1) is 7.27. The summed E-state index contributed by atoms with van der Waals surface area (Å²) in [5.41, 5.74) is 0. The molecule has 0 aromatic rings. The van der Waals surface area contributed by atoms with Gasteiger partial charge in [0.25, 0.3) is 0 Å². The Labute approximate surface area is 89.7 Å². The van der Waals surface area contributed by atoms with E-state index in [0.717, 1.165) is 13.8 Å². The maximum atomic E-state index is 10.9. The summed E-state index contributed by atoms with van der Waals surface area (Å²) in [5.74, 6) is -8.50. The highest BCUT2D eigenvalue weighted by Gasteiger charge is 2.28. The van der Waals surface area contributed by atoms with Crippen molar-refractivity contribution < 1.29 is 39.2 Å². The molecule has 0 saturated carbocycles. The topological polar surface area (TPSA) is 127 Å². The van der Waals surface area contributed by atoms with Gasteiger partial charge in [0, 0.05) is 0 Å². The molecule has 8 heteroatoms. The lowest BCUT2D eigenvalue weighted by Crippen LogP contribution is -2.28. The Morgan fingerprint density at radius 3 is 1.25 bits per heavy atom. The van der Waals surface area contributed by atoms with Crippen molar-refractivity contribution in [2.75, 3.05) is 0 Å². The number of hydrogen-bond donors (Lipinski definition) is 2. The zero-order chi connectivity index (χ0) is 12.9. The van der Waals surface area contributed by atoms with Crippen molar-refractivity contribution in [3.05, 3.63) is 0 Å². The molecular weight excluding hydrogens is 224 g/mol. The molecule has 0 aliphatic heterocycles. The number of aliphatic carboxylic acids is 2. The lowest BCUT2D eigenvalue weighted by Gasteiger charge is -2.07. The number of hydrogen-bond acceptors (Lipinski definition) is 6. The third-order valence-electron chi connectivity index (χ3n) is 1.65. The summed E-state index contributed by atoms with van der Waals surface area (Å²) in [6, 6.07) is 0. The molecule has 0 aliphatic rings. The van der Waals surface area contributed by atoms with E-state index in [0.29, 0.717) is 0 Å². The Morgan fingerprint density at radius 1 is 0.812 bits per heavy atom. The van der Waals surface area contributed by atoms with E-state index in [2.05, 4.69) is 9.78 Å². The largest absolute Gasteiger partial charge is 0.481 e. The van der Waals surface area contributed by atoms with Crippen LogP contribution < -0.4 is 0 Å². The van der Waals surface area contributed by atoms with Crippen LogP contribution in [0.4, 0.5) is 0 Å². The van der Waals surface area contributed by atoms with Crippen molar-refractivity contribution in [1.82, 2.24) is 0 Å². The van der Waals surface area contributed by atoms with Crippen LogP contribution in [0.25, 0.3) is 0 Å². The zero-order valence-corrected chi connectivity index (χ0v) is 8.50. The molecule has 8 nitrogen and oxygen atoms in total. The van der Waals surface area contributed by atoms with Crippen molar-refractivity contribution >= 4 is 23.9 Å². The summed E-state index contributed by atoms with van der Waals surface area (Å²) in [6.07, 6.45) is 0. The minimum absolute atomic E-state index is 1.03. The average Bonchev–Trinajstić information content (AvgIpc) is 2.22. The molecule has 2 N–H and O–H groups in total. The first kappa shape index (κ1) is 13.9. The van der Waals surface area contributed by atoms with Crippen molar-refractivity contribution in [3.63, 3.8) is 0 Å². The van der Waals surface area contributed by atoms with Crippen LogP contribution in [-0.2, 0) is 29.0 Å². The predicted octanol–water partition coefficient (Wildman–Crippen LogP) is -0.571. The molecule has 0 aromatic heterocycles. The minimum Gasteiger partial charge on any atom is -0.481 e. The van der Waals surface area contributed by atoms with E-state index in [4.69, 9.17) is 10.2 Å². The average molecular weight is 234 g/mol. The number of carbonyl (C=O) groups is 4. The predicted molar refractivity (Wildman–Crippen MR) is 45.8 cm³/mol. The van der Waals surface area contributed by atoms with Crippen LogP contribution in [0.3, 0.4) is 0 Å². The second kappa shape index (κ2) is 5.69. The summed E-state index contributed by atoms with van der Waals surface area (Å²) < 4.78 is 0. The highest BCUT2D eigenvalue weighted by Crippen LogP contribution is 2.03. The number of rotatable bonds is 4. The SMILES string of the molecule is CC(C(=O)O)C(=O)OOC(=O)C(C)C(=O)O. The summed E-state index contributed by atoms with van der Waals surface area (Å²) >= 11 is 0. The molecule has 0 rings (SSSR count). The van der Waals surface area contributed by atoms with Crippen LogP contribution in [0.2, 0.25) is 0 Å². The Hall–Kier alpha value is -2.12. The lowest BCUT2D eigenvalue weighted by atomic mass is 10.2. The Balaban J connectivity index is 4.16. The number of carboxylic acid groups (broad SMARTS) is 2. The lowest BCUT2D eigenvalue weighted by molar-refractivity contribution is -0.264. The van der Waals surface area contributed by atoms with Crippen LogP contribution >= 0.6 is 0 Å². The van der Waals surface area contributed by atoms with Crippen LogP contribution in [-0.4, -0.2) is 34.1 Å². The smallest absolute Gasteiger partial charge is 0.369 e. The van der Waals surface area contributed by atoms with Gasteiger partial charge in [-0.15, -0.1) is 0 Å². The molecule has 0 radical (unpaired) electrons. The number of carbonyl (C=O) groups excluding carboxylic acids is 2. The van der Waals surface area contributed by atoms with Crippen molar-refractivity contribution in [1.29, 1.82) is 0 Å². The molecule has 16 heavy (non-hydrogen) atoms. The van der Waals surface area contributed by atoms with E-state index in [1.807, 2.05) is 0 Å². The van der Waals surface area contributed by atoms with Gasteiger partial charge in [-0.3, -0.25) is 9.59 Å². The first-order valence-electron chi connectivity index (χ1n) is 4.15. The van der Waals surface area contributed by atoms with E-state index in [-0.39, 0.29) is 0 Å². The molecule has 0 spiro atoms. The molecule has 90 valence electrons. The monoisotopic (exact) mass is 234 g/mol. The molecule has 0 amide bonds. The minimum atomic E-state index is -1.51. The van der Waals surface area contributed by atoms with Gasteiger partial charge in [-0.05, 0) is 13.8 Å². The van der Waals surface area contributed by atoms with Gasteiger partial charge in [0.15, 0.2) is 11.8 Å². The Kier molecular flexibility index (Phi) is 4.93. The number of carboxylic acids is 2. The van der Waals surface area contributed by atoms with Gasteiger partial charge < -0.3 is 10.2 Å². The maximum absolute atomic E-state index is 10.9. The van der Waals surface area contributed by atoms with Gasteiger partial charge in [0.05, 0.1) is 0 Å². The van der Waals surface area contributed by atoms with Gasteiger partial charge in [0.2, 0.25) is 0 Å². The second-order valence-electron chi connectivity index (χ2n) is 2.92. The third-order valence-corrected chi connectivity index (χ3v) is 1.65. The van der Waals surface area contributed by atoms with Crippen LogP contribution in [0.15, 0.2) is 0 Å². The van der Waals surface area contributed by atoms with Crippen molar-refractivity contribution in [3.8, 4) is 0 Å². The fourth-order valence-electron chi connectivity index (χ4n) is 0.428. The molecule has 0 bridgehead atoms. The summed E-state index contributed by atoms with van der Waals surface area (Å²) in [6.45, 7) is 2.05. The van der Waals surface area contributed by atoms with Crippen LogP contribution in [0, 0.1) is 11.8 Å². The normalized spacial score (nSPS) is 13.4. The fourth-order valence-corrected chi connectivity index (χ4v) is 0.428. The highest BCUT2D eigenvalue weighted by molar-refractivity contribution is 5.95. The van der Waals surface area contributed by atoms with E-state index in [1.54, 1.807) is 0 Å². The Morgan fingerprint density at radius 2 is 1.06 bits per heavy atom. The maximum Gasteiger partial charge on any atom is 0.369 e. The molecule has 2 atom stereocenters. The molecule has 0 fully saturated rings. The van der Waals surface area contributed by atoms with Gasteiger partial charge in [-0.1, -0.05) is 0 Å². The highest BCUT2D eigenvalue weighted by atomic mass is 17.2. The molecule has 0 aromatic carbocycles. The molecule has 0 aliphatic carbocycles. The zero-order valence-electron chi connectivity index (χ0n) is 8.50. The molecule has 2 unspecified atom stereocenters. The Bertz CT molecular complexity index is 288. The quantitative estimate of drug-likeness (QED) is 0.376. The van der Waals surface area contributed by atoms with Gasteiger partial charge in [-0.25, -0.2) is 19.4 Å². The summed E-state index contributed by atoms with van der Waals surface area (Å²) in [4.78, 5) is 50.0. The van der Waals surface area contributed by atoms with E-state index in [1.165, 1.54) is 0 Å². The summed E-state index contributed by atoms with van der Waals surface area (Å²) in [5, 5.41) is 16.8. The summed E-state index contributed by atoms with van der Waals surface area (Å²) in [7, 11) is 0. The van der Waals surface area contributed by atoms with E-state index < -0.39 is 35.7 Å². The molecule has 0 saturated heterocycles.